The Labute approximate surface area is 183 Å². The van der Waals surface area contributed by atoms with Crippen molar-refractivity contribution in [3.05, 3.63) is 46.5 Å². The van der Waals surface area contributed by atoms with Crippen molar-refractivity contribution >= 4 is 12.2 Å². The van der Waals surface area contributed by atoms with E-state index in [1.165, 1.54) is 16.7 Å². The minimum Gasteiger partial charge on any atom is -1.00 e. The fraction of sp³-hybridized carbons (Fsp3) is 0.364. The number of halogens is 1. The van der Waals surface area contributed by atoms with Gasteiger partial charge in [-0.1, -0.05) is 18.2 Å². The number of hydrogen-bond acceptors (Lipinski definition) is 4. The lowest BCUT2D eigenvalue weighted by Crippen LogP contribution is -3.00. The second-order valence-corrected chi connectivity index (χ2v) is 7.67. The van der Waals surface area contributed by atoms with Crippen molar-refractivity contribution in [2.45, 2.75) is 13.0 Å². The van der Waals surface area contributed by atoms with E-state index < -0.39 is 0 Å². The number of ether oxygens (including phenoxy) is 4. The first-order chi connectivity index (χ1) is 13.0. The molecular weight excluding hydrogens is 469 g/mol. The average Bonchev–Trinajstić information content (AvgIpc) is 3.11. The van der Waals surface area contributed by atoms with Crippen molar-refractivity contribution < 1.29 is 47.4 Å². The van der Waals surface area contributed by atoms with Gasteiger partial charge in [-0.05, 0) is 34.9 Å². The van der Waals surface area contributed by atoms with Crippen molar-refractivity contribution in [1.82, 2.24) is 0 Å². The zero-order chi connectivity index (χ0) is 19.0. The Balaban J connectivity index is 0.00000225. The Hall–Kier alpha value is -1.93. The average molecular weight is 495 g/mol. The van der Waals surface area contributed by atoms with Gasteiger partial charge < -0.3 is 47.4 Å². The van der Waals surface area contributed by atoms with E-state index in [1.54, 1.807) is 14.2 Å². The number of benzene rings is 2. The summed E-state index contributed by atoms with van der Waals surface area (Å²) in [5, 5.41) is 0. The van der Waals surface area contributed by atoms with Gasteiger partial charge in [0.25, 0.3) is 0 Å². The van der Waals surface area contributed by atoms with Gasteiger partial charge in [-0.15, -0.1) is 0 Å². The van der Waals surface area contributed by atoms with Crippen LogP contribution in [0.2, 0.25) is 0 Å². The van der Waals surface area contributed by atoms with E-state index in [1.807, 2.05) is 6.07 Å². The molecule has 0 aliphatic carbocycles. The number of likely N-dealkylation sites (N-methyl/N-ethyl adjacent to an activating group) is 1. The third kappa shape index (κ3) is 3.93. The van der Waals surface area contributed by atoms with Crippen molar-refractivity contribution in [2.24, 2.45) is 0 Å². The van der Waals surface area contributed by atoms with Crippen LogP contribution in [0.15, 0.2) is 24.3 Å². The molecule has 0 radical (unpaired) electrons. The molecule has 0 aromatic heterocycles. The molecule has 0 spiro atoms. The summed E-state index contributed by atoms with van der Waals surface area (Å²) in [5.41, 5.74) is 4.76. The molecule has 0 bridgehead atoms. The molecule has 2 aromatic rings. The Kier molecular flexibility index (Phi) is 6.09. The molecule has 0 saturated carbocycles. The fourth-order valence-corrected chi connectivity index (χ4v) is 3.81. The summed E-state index contributed by atoms with van der Waals surface area (Å²) in [6, 6.07) is 8.27. The molecule has 0 unspecified atom stereocenters. The lowest BCUT2D eigenvalue weighted by Gasteiger charge is -2.32. The van der Waals surface area contributed by atoms with Crippen molar-refractivity contribution in [1.29, 1.82) is 0 Å². The highest BCUT2D eigenvalue weighted by Gasteiger charge is 2.25. The molecule has 6 heteroatoms. The zero-order valence-electron chi connectivity index (χ0n) is 16.8. The summed E-state index contributed by atoms with van der Waals surface area (Å²) >= 11 is 0. The van der Waals surface area contributed by atoms with Crippen LogP contribution in [0.3, 0.4) is 0 Å². The summed E-state index contributed by atoms with van der Waals surface area (Å²) in [4.78, 5) is 0. The van der Waals surface area contributed by atoms with E-state index in [9.17, 15) is 0 Å². The van der Waals surface area contributed by atoms with Crippen LogP contribution in [-0.4, -0.2) is 46.1 Å². The van der Waals surface area contributed by atoms with Crippen LogP contribution in [0.25, 0.3) is 12.2 Å². The second kappa shape index (κ2) is 8.21. The molecule has 0 saturated heterocycles. The number of quaternary nitrogens is 1. The van der Waals surface area contributed by atoms with E-state index >= 15 is 0 Å². The smallest absolute Gasteiger partial charge is 0.231 e. The molecule has 150 valence electrons. The minimum atomic E-state index is 0. The molecule has 28 heavy (non-hydrogen) atoms. The van der Waals surface area contributed by atoms with E-state index in [-0.39, 0.29) is 24.0 Å². The predicted octanol–water partition coefficient (Wildman–Crippen LogP) is 0.739. The summed E-state index contributed by atoms with van der Waals surface area (Å²) in [7, 11) is 7.89. The molecule has 0 atom stereocenters. The van der Waals surface area contributed by atoms with Crippen molar-refractivity contribution in [3.8, 4) is 23.0 Å². The first kappa shape index (κ1) is 20.8. The van der Waals surface area contributed by atoms with E-state index in [0.717, 1.165) is 52.6 Å². The molecule has 0 N–H and O–H groups in total. The van der Waals surface area contributed by atoms with Gasteiger partial charge in [0.2, 0.25) is 6.79 Å². The van der Waals surface area contributed by atoms with Gasteiger partial charge in [0, 0.05) is 6.42 Å². The predicted molar refractivity (Wildman–Crippen MR) is 105 cm³/mol. The molecule has 2 aliphatic rings. The molecule has 0 amide bonds. The maximum absolute atomic E-state index is 5.72. The van der Waals surface area contributed by atoms with Crippen LogP contribution in [0.4, 0.5) is 0 Å². The quantitative estimate of drug-likeness (QED) is 0.455. The Morgan fingerprint density at radius 2 is 1.64 bits per heavy atom. The number of nitrogens with zero attached hydrogens (tertiary/aromatic N) is 1. The van der Waals surface area contributed by atoms with E-state index in [2.05, 4.69) is 44.4 Å². The van der Waals surface area contributed by atoms with E-state index in [4.69, 9.17) is 18.9 Å². The first-order valence-electron chi connectivity index (χ1n) is 9.17. The van der Waals surface area contributed by atoms with Crippen LogP contribution in [0.5, 0.6) is 23.0 Å². The number of rotatable bonds is 2. The maximum atomic E-state index is 5.72. The second-order valence-electron chi connectivity index (χ2n) is 7.67. The lowest BCUT2D eigenvalue weighted by atomic mass is 9.97. The molecule has 5 nitrogen and oxygen atoms in total. The van der Waals surface area contributed by atoms with Crippen LogP contribution >= 0.6 is 0 Å². The summed E-state index contributed by atoms with van der Waals surface area (Å²) in [6.07, 6.45) is 5.28. The van der Waals surface area contributed by atoms with Crippen LogP contribution in [-0.2, 0) is 13.0 Å². The number of hydrogen-bond donors (Lipinski definition) is 0. The van der Waals surface area contributed by atoms with Gasteiger partial charge in [0.05, 0.1) is 40.4 Å². The zero-order valence-corrected chi connectivity index (χ0v) is 18.9. The van der Waals surface area contributed by atoms with Crippen LogP contribution in [0, 0.1) is 0 Å². The Bertz CT molecular complexity index is 908. The monoisotopic (exact) mass is 495 g/mol. The van der Waals surface area contributed by atoms with Crippen molar-refractivity contribution in [3.63, 3.8) is 0 Å². The minimum absolute atomic E-state index is 0. The number of methoxy groups -OCH3 is 2. The molecule has 4 rings (SSSR count). The highest BCUT2D eigenvalue weighted by molar-refractivity contribution is 5.76. The number of fused-ring (bicyclic) bond motifs is 3. The first-order valence-corrected chi connectivity index (χ1v) is 9.17. The van der Waals surface area contributed by atoms with Gasteiger partial charge in [0.1, 0.15) is 6.54 Å². The van der Waals surface area contributed by atoms with Gasteiger partial charge in [-0.2, -0.15) is 0 Å². The van der Waals surface area contributed by atoms with Gasteiger partial charge in [-0.25, -0.2) is 0 Å². The van der Waals surface area contributed by atoms with Gasteiger partial charge >= 0.3 is 0 Å². The summed E-state index contributed by atoms with van der Waals surface area (Å²) in [6.45, 7) is 2.16. The lowest BCUT2D eigenvalue weighted by molar-refractivity contribution is -0.903. The maximum Gasteiger partial charge on any atom is 0.231 e. The molecule has 2 aliphatic heterocycles. The van der Waals surface area contributed by atoms with E-state index in [0.29, 0.717) is 6.79 Å². The molecule has 2 aromatic carbocycles. The topological polar surface area (TPSA) is 36.9 Å². The highest BCUT2D eigenvalue weighted by Crippen LogP contribution is 2.39. The summed E-state index contributed by atoms with van der Waals surface area (Å²) < 4.78 is 23.2. The third-order valence-corrected chi connectivity index (χ3v) is 5.33. The molecule has 2 heterocycles. The third-order valence-electron chi connectivity index (χ3n) is 5.33. The van der Waals surface area contributed by atoms with Crippen LogP contribution < -0.4 is 42.9 Å². The van der Waals surface area contributed by atoms with Gasteiger partial charge in [-0.3, -0.25) is 0 Å². The molecular formula is C22H26INO4. The fourth-order valence-electron chi connectivity index (χ4n) is 3.81. The highest BCUT2D eigenvalue weighted by atomic mass is 127. The molecule has 0 fully saturated rings. The largest absolute Gasteiger partial charge is 1.00 e. The summed E-state index contributed by atoms with van der Waals surface area (Å²) in [5.74, 6) is 3.25. The van der Waals surface area contributed by atoms with Gasteiger partial charge in [0.15, 0.2) is 23.0 Å². The van der Waals surface area contributed by atoms with Crippen molar-refractivity contribution in [2.75, 3.05) is 41.7 Å². The standard InChI is InChI=1S/C22H26NO4.HI/c1-23(2)10-9-17-12-21-20(26-14-27-21)11-16(17)6-5-15-7-8-19(24-3)22(25-4)18(15)13-23;/h5-8,11-12H,9-10,13-14H2,1-4H3;1H/q+1;/p-1/b6-5+;. The normalized spacial score (nSPS) is 17.6. The van der Waals surface area contributed by atoms with Crippen LogP contribution in [0.1, 0.15) is 22.3 Å². The Morgan fingerprint density at radius 1 is 0.929 bits per heavy atom. The SMILES string of the molecule is COc1ccc2c(c1OC)C[N+](C)(C)CCc1cc3c(cc1/C=C/2)OCO3.[I-]. The Morgan fingerprint density at radius 3 is 2.36 bits per heavy atom.